The van der Waals surface area contributed by atoms with E-state index in [9.17, 15) is 13.2 Å². The van der Waals surface area contributed by atoms with Crippen LogP contribution in [0.3, 0.4) is 0 Å². The summed E-state index contributed by atoms with van der Waals surface area (Å²) in [6.45, 7) is 4.10. The van der Waals surface area contributed by atoms with Gasteiger partial charge in [-0.1, -0.05) is 19.1 Å². The van der Waals surface area contributed by atoms with E-state index in [0.717, 1.165) is 31.6 Å². The molecule has 1 N–H and O–H groups in total. The molecule has 6 heteroatoms. The summed E-state index contributed by atoms with van der Waals surface area (Å²) in [5, 5.41) is 3.34. The topological polar surface area (TPSA) is 30.5 Å². The van der Waals surface area contributed by atoms with Gasteiger partial charge < -0.3 is 14.8 Å². The average molecular weight is 303 g/mol. The minimum Gasteiger partial charge on any atom is -0.406 e. The van der Waals surface area contributed by atoms with Crippen LogP contribution in [0.5, 0.6) is 5.75 Å². The van der Waals surface area contributed by atoms with Crippen molar-refractivity contribution in [3.63, 3.8) is 0 Å². The molecule has 1 fully saturated rings. The molecule has 21 heavy (non-hydrogen) atoms. The van der Waals surface area contributed by atoms with Gasteiger partial charge >= 0.3 is 6.36 Å². The fourth-order valence-corrected chi connectivity index (χ4v) is 2.71. The number of benzene rings is 1. The summed E-state index contributed by atoms with van der Waals surface area (Å²) in [5.74, 6) is 0.0828. The second-order valence-corrected chi connectivity index (χ2v) is 5.13. The molecule has 0 amide bonds. The fourth-order valence-electron chi connectivity index (χ4n) is 2.71. The van der Waals surface area contributed by atoms with Crippen LogP contribution in [0, 0.1) is 5.92 Å². The lowest BCUT2D eigenvalue weighted by Gasteiger charge is -2.31. The summed E-state index contributed by atoms with van der Waals surface area (Å²) in [6, 6.07) is 6.16. The minimum atomic E-state index is -4.67. The molecule has 1 aromatic carbocycles. The van der Waals surface area contributed by atoms with Gasteiger partial charge in [-0.15, -0.1) is 13.2 Å². The van der Waals surface area contributed by atoms with Gasteiger partial charge in [0.15, 0.2) is 0 Å². The highest BCUT2D eigenvalue weighted by atomic mass is 19.4. The second kappa shape index (κ2) is 7.13. The zero-order valence-electron chi connectivity index (χ0n) is 12.0. The predicted molar refractivity (Wildman–Crippen MR) is 73.1 cm³/mol. The van der Waals surface area contributed by atoms with E-state index >= 15 is 0 Å². The molecule has 2 unspecified atom stereocenters. The van der Waals surface area contributed by atoms with Gasteiger partial charge in [0.05, 0.1) is 6.61 Å². The van der Waals surface area contributed by atoms with Gasteiger partial charge in [0.2, 0.25) is 0 Å². The van der Waals surface area contributed by atoms with Crippen molar-refractivity contribution in [2.45, 2.75) is 32.2 Å². The maximum Gasteiger partial charge on any atom is 0.573 e. The third-order valence-electron chi connectivity index (χ3n) is 3.54. The first-order chi connectivity index (χ1) is 9.99. The Morgan fingerprint density at radius 2 is 2.24 bits per heavy atom. The first kappa shape index (κ1) is 16.1. The SMILES string of the molecule is CCNC(c1cccc(OC(F)(F)F)c1)C1CCCOC1. The van der Waals surface area contributed by atoms with E-state index in [-0.39, 0.29) is 17.7 Å². The lowest BCUT2D eigenvalue weighted by atomic mass is 9.88. The highest BCUT2D eigenvalue weighted by Gasteiger charge is 2.32. The Bertz CT molecular complexity index is 445. The van der Waals surface area contributed by atoms with Crippen LogP contribution in [-0.2, 0) is 4.74 Å². The van der Waals surface area contributed by atoms with E-state index in [4.69, 9.17) is 4.74 Å². The van der Waals surface area contributed by atoms with Gasteiger partial charge in [-0.3, -0.25) is 0 Å². The minimum absolute atomic E-state index is 0.0212. The molecule has 0 saturated carbocycles. The molecule has 1 saturated heterocycles. The summed E-state index contributed by atoms with van der Waals surface area (Å²) in [4.78, 5) is 0. The number of halogens is 3. The number of rotatable bonds is 5. The molecule has 2 atom stereocenters. The van der Waals surface area contributed by atoms with E-state index in [1.165, 1.54) is 12.1 Å². The lowest BCUT2D eigenvalue weighted by Crippen LogP contribution is -2.33. The van der Waals surface area contributed by atoms with Gasteiger partial charge in [0, 0.05) is 18.6 Å². The van der Waals surface area contributed by atoms with Crippen molar-refractivity contribution < 1.29 is 22.6 Å². The van der Waals surface area contributed by atoms with Crippen molar-refractivity contribution in [2.75, 3.05) is 19.8 Å². The van der Waals surface area contributed by atoms with Crippen LogP contribution in [0.1, 0.15) is 31.4 Å². The molecule has 3 nitrogen and oxygen atoms in total. The smallest absolute Gasteiger partial charge is 0.406 e. The van der Waals surface area contributed by atoms with Crippen molar-refractivity contribution in [3.8, 4) is 5.75 Å². The quantitative estimate of drug-likeness (QED) is 0.900. The van der Waals surface area contributed by atoms with Gasteiger partial charge in [0.25, 0.3) is 0 Å². The summed E-state index contributed by atoms with van der Waals surface area (Å²) in [7, 11) is 0. The Labute approximate surface area is 122 Å². The van der Waals surface area contributed by atoms with E-state index < -0.39 is 6.36 Å². The Morgan fingerprint density at radius 3 is 2.86 bits per heavy atom. The summed E-state index contributed by atoms with van der Waals surface area (Å²) in [5.41, 5.74) is 0.800. The van der Waals surface area contributed by atoms with Crippen LogP contribution >= 0.6 is 0 Å². The second-order valence-electron chi connectivity index (χ2n) is 5.13. The lowest BCUT2D eigenvalue weighted by molar-refractivity contribution is -0.274. The number of alkyl halides is 3. The Hall–Kier alpha value is -1.27. The maximum atomic E-state index is 12.3. The summed E-state index contributed by atoms with van der Waals surface area (Å²) in [6.07, 6.45) is -2.69. The Morgan fingerprint density at radius 1 is 1.43 bits per heavy atom. The average Bonchev–Trinajstić information content (AvgIpc) is 2.44. The summed E-state index contributed by atoms with van der Waals surface area (Å²) >= 11 is 0. The normalized spacial score (nSPS) is 21.0. The molecule has 1 aliphatic rings. The van der Waals surface area contributed by atoms with E-state index in [1.807, 2.05) is 13.0 Å². The highest BCUT2D eigenvalue weighted by Crippen LogP contribution is 2.32. The largest absolute Gasteiger partial charge is 0.573 e. The van der Waals surface area contributed by atoms with Gasteiger partial charge in [-0.2, -0.15) is 0 Å². The standard InChI is InChI=1S/C15H20F3NO2/c1-2-19-14(12-6-4-8-20-10-12)11-5-3-7-13(9-11)21-15(16,17)18/h3,5,7,9,12,14,19H,2,4,6,8,10H2,1H3. The third kappa shape index (κ3) is 4.89. The number of ether oxygens (including phenoxy) is 2. The van der Waals surface area contributed by atoms with Crippen LogP contribution in [0.2, 0.25) is 0 Å². The van der Waals surface area contributed by atoms with Crippen LogP contribution < -0.4 is 10.1 Å². The Balaban J connectivity index is 2.17. The zero-order valence-corrected chi connectivity index (χ0v) is 12.0. The molecule has 2 rings (SSSR count). The van der Waals surface area contributed by atoms with E-state index in [1.54, 1.807) is 6.07 Å². The molecule has 0 spiro atoms. The molecule has 0 aromatic heterocycles. The summed E-state index contributed by atoms with van der Waals surface area (Å²) < 4.78 is 46.4. The first-order valence-corrected chi connectivity index (χ1v) is 7.16. The number of hydrogen-bond donors (Lipinski definition) is 1. The molecule has 1 heterocycles. The molecular formula is C15H20F3NO2. The Kier molecular flexibility index (Phi) is 5.47. The third-order valence-corrected chi connectivity index (χ3v) is 3.54. The van der Waals surface area contributed by atoms with Crippen molar-refractivity contribution in [1.29, 1.82) is 0 Å². The number of hydrogen-bond acceptors (Lipinski definition) is 3. The van der Waals surface area contributed by atoms with Crippen LogP contribution in [-0.4, -0.2) is 26.1 Å². The van der Waals surface area contributed by atoms with Crippen molar-refractivity contribution in [3.05, 3.63) is 29.8 Å². The molecule has 118 valence electrons. The van der Waals surface area contributed by atoms with E-state index in [2.05, 4.69) is 10.1 Å². The van der Waals surface area contributed by atoms with Crippen molar-refractivity contribution >= 4 is 0 Å². The molecule has 1 aliphatic heterocycles. The van der Waals surface area contributed by atoms with Crippen molar-refractivity contribution in [1.82, 2.24) is 5.32 Å². The molecule has 0 bridgehead atoms. The van der Waals surface area contributed by atoms with E-state index in [0.29, 0.717) is 6.61 Å². The fraction of sp³-hybridized carbons (Fsp3) is 0.600. The van der Waals surface area contributed by atoms with Crippen LogP contribution in [0.25, 0.3) is 0 Å². The monoisotopic (exact) mass is 303 g/mol. The molecular weight excluding hydrogens is 283 g/mol. The van der Waals surface area contributed by atoms with Gasteiger partial charge in [0.1, 0.15) is 5.75 Å². The highest BCUT2D eigenvalue weighted by molar-refractivity contribution is 5.31. The van der Waals surface area contributed by atoms with Crippen molar-refractivity contribution in [2.24, 2.45) is 5.92 Å². The number of nitrogens with one attached hydrogen (secondary N) is 1. The molecule has 0 radical (unpaired) electrons. The first-order valence-electron chi connectivity index (χ1n) is 7.16. The maximum absolute atomic E-state index is 12.3. The van der Waals surface area contributed by atoms with Crippen LogP contribution in [0.4, 0.5) is 13.2 Å². The van der Waals surface area contributed by atoms with Gasteiger partial charge in [-0.25, -0.2) is 0 Å². The van der Waals surface area contributed by atoms with Gasteiger partial charge in [-0.05, 0) is 37.1 Å². The van der Waals surface area contributed by atoms with Crippen LogP contribution in [0.15, 0.2) is 24.3 Å². The molecule has 1 aromatic rings. The molecule has 0 aliphatic carbocycles. The zero-order chi connectivity index (χ0) is 15.3. The predicted octanol–water partition coefficient (Wildman–Crippen LogP) is 3.66.